The number of ether oxygens (including phenoxy) is 3. The predicted octanol–water partition coefficient (Wildman–Crippen LogP) is 9.14. The van der Waals surface area contributed by atoms with E-state index in [9.17, 15) is 4.79 Å². The molecule has 0 bridgehead atoms. The molecule has 0 aromatic carbocycles. The van der Waals surface area contributed by atoms with Crippen LogP contribution in [-0.4, -0.2) is 31.6 Å². The highest BCUT2D eigenvalue weighted by molar-refractivity contribution is 5.84. The van der Waals surface area contributed by atoms with Crippen LogP contribution in [0, 0.1) is 0 Å². The molecule has 0 spiro atoms. The largest absolute Gasteiger partial charge is 0.346 e. The summed E-state index contributed by atoms with van der Waals surface area (Å²) in [6.45, 7) is 9.79. The number of Topliss-reactive ketones (excluding diaryl/α,β-unsaturated/α-hetero) is 1. The second kappa shape index (κ2) is 24.7. The van der Waals surface area contributed by atoms with Gasteiger partial charge in [0.2, 0.25) is 5.78 Å². The molecule has 0 aliphatic carbocycles. The van der Waals surface area contributed by atoms with Gasteiger partial charge in [-0.1, -0.05) is 124 Å². The summed E-state index contributed by atoms with van der Waals surface area (Å²) in [5.41, 5.74) is 0. The monoisotopic (exact) mass is 470 g/mol. The Labute approximate surface area is 206 Å². The van der Waals surface area contributed by atoms with E-state index >= 15 is 0 Å². The lowest BCUT2D eigenvalue weighted by atomic mass is 10.0. The van der Waals surface area contributed by atoms with Gasteiger partial charge in [0.1, 0.15) is 0 Å². The summed E-state index contributed by atoms with van der Waals surface area (Å²) in [6.07, 6.45) is 24.2. The van der Waals surface area contributed by atoms with E-state index in [1.165, 1.54) is 89.9 Å². The Morgan fingerprint density at radius 2 is 0.758 bits per heavy atom. The molecule has 0 amide bonds. The first-order valence-corrected chi connectivity index (χ1v) is 14.6. The standard InChI is InChI=1S/C29H58O4/c1-5-9-10-11-12-13-14-15-16-17-18-19-20-21-22-23-24-28(30)29(31-25-6-2,32-26-7-3)33-27-8-4/h5-27H2,1-4H3. The van der Waals surface area contributed by atoms with Gasteiger partial charge >= 0.3 is 5.97 Å². The topological polar surface area (TPSA) is 44.8 Å². The van der Waals surface area contributed by atoms with Crippen LogP contribution in [0.2, 0.25) is 0 Å². The summed E-state index contributed by atoms with van der Waals surface area (Å²) in [7, 11) is 0. The molecular formula is C29H58O4. The normalized spacial score (nSPS) is 11.9. The summed E-state index contributed by atoms with van der Waals surface area (Å²) in [4.78, 5) is 13.0. The fourth-order valence-electron chi connectivity index (χ4n) is 4.06. The predicted molar refractivity (Wildman–Crippen MR) is 141 cm³/mol. The van der Waals surface area contributed by atoms with Crippen molar-refractivity contribution in [3.63, 3.8) is 0 Å². The first kappa shape index (κ1) is 32.5. The van der Waals surface area contributed by atoms with Crippen molar-refractivity contribution < 1.29 is 19.0 Å². The van der Waals surface area contributed by atoms with Gasteiger partial charge in [-0.25, -0.2) is 0 Å². The molecule has 0 radical (unpaired) electrons. The number of unbranched alkanes of at least 4 members (excludes halogenated alkanes) is 15. The SMILES string of the molecule is CCCCCCCCCCCCCCCCCCC(=O)C(OCCC)(OCCC)OCCC. The van der Waals surface area contributed by atoms with E-state index in [0.717, 1.165) is 32.1 Å². The van der Waals surface area contributed by atoms with Gasteiger partial charge < -0.3 is 14.2 Å². The van der Waals surface area contributed by atoms with Crippen LogP contribution >= 0.6 is 0 Å². The van der Waals surface area contributed by atoms with Crippen LogP contribution in [0.3, 0.4) is 0 Å². The van der Waals surface area contributed by atoms with E-state index in [1.807, 2.05) is 20.8 Å². The maximum atomic E-state index is 13.0. The third kappa shape index (κ3) is 18.5. The molecule has 0 aromatic heterocycles. The molecule has 4 nitrogen and oxygen atoms in total. The summed E-state index contributed by atoms with van der Waals surface area (Å²) in [5.74, 6) is -1.54. The second-order valence-corrected chi connectivity index (χ2v) is 9.58. The average Bonchev–Trinajstić information content (AvgIpc) is 2.83. The third-order valence-electron chi connectivity index (χ3n) is 6.09. The Morgan fingerprint density at radius 1 is 0.455 bits per heavy atom. The zero-order chi connectivity index (χ0) is 24.5. The quantitative estimate of drug-likeness (QED) is 0.0886. The third-order valence-corrected chi connectivity index (χ3v) is 6.09. The molecule has 0 saturated heterocycles. The van der Waals surface area contributed by atoms with Crippen LogP contribution in [-0.2, 0) is 19.0 Å². The smallest absolute Gasteiger partial charge is 0.321 e. The molecule has 0 aromatic rings. The Kier molecular flexibility index (Phi) is 24.3. The van der Waals surface area contributed by atoms with Gasteiger partial charge in [-0.2, -0.15) is 0 Å². The van der Waals surface area contributed by atoms with Crippen LogP contribution in [0.15, 0.2) is 0 Å². The van der Waals surface area contributed by atoms with Gasteiger partial charge in [0.25, 0.3) is 0 Å². The first-order valence-electron chi connectivity index (χ1n) is 14.6. The minimum atomic E-state index is -1.49. The minimum absolute atomic E-state index is 0.0526. The van der Waals surface area contributed by atoms with Gasteiger partial charge in [-0.15, -0.1) is 0 Å². The van der Waals surface area contributed by atoms with Crippen molar-refractivity contribution in [2.45, 2.75) is 162 Å². The fraction of sp³-hybridized carbons (Fsp3) is 0.966. The molecule has 198 valence electrons. The van der Waals surface area contributed by atoms with Crippen molar-refractivity contribution in [2.75, 3.05) is 19.8 Å². The number of carbonyl (C=O) groups is 1. The molecule has 4 heteroatoms. The highest BCUT2D eigenvalue weighted by Gasteiger charge is 2.41. The number of carbonyl (C=O) groups excluding carboxylic acids is 1. The molecular weight excluding hydrogens is 412 g/mol. The van der Waals surface area contributed by atoms with E-state index in [0.29, 0.717) is 26.2 Å². The second-order valence-electron chi connectivity index (χ2n) is 9.58. The van der Waals surface area contributed by atoms with Crippen molar-refractivity contribution in [1.29, 1.82) is 0 Å². The molecule has 0 aliphatic rings. The highest BCUT2D eigenvalue weighted by atomic mass is 16.9. The summed E-state index contributed by atoms with van der Waals surface area (Å²) >= 11 is 0. The fourth-order valence-corrected chi connectivity index (χ4v) is 4.06. The minimum Gasteiger partial charge on any atom is -0.321 e. The first-order chi connectivity index (χ1) is 16.2. The zero-order valence-electron chi connectivity index (χ0n) is 22.9. The van der Waals surface area contributed by atoms with Gasteiger partial charge in [-0.3, -0.25) is 4.79 Å². The highest BCUT2D eigenvalue weighted by Crippen LogP contribution is 2.22. The number of hydrogen-bond acceptors (Lipinski definition) is 4. The molecule has 0 atom stereocenters. The van der Waals surface area contributed by atoms with E-state index in [4.69, 9.17) is 14.2 Å². The Hall–Kier alpha value is -0.450. The maximum Gasteiger partial charge on any atom is 0.346 e. The van der Waals surface area contributed by atoms with Crippen molar-refractivity contribution in [1.82, 2.24) is 0 Å². The molecule has 0 heterocycles. The van der Waals surface area contributed by atoms with Crippen LogP contribution in [0.1, 0.15) is 156 Å². The molecule has 0 rings (SSSR count). The molecule has 0 fully saturated rings. The van der Waals surface area contributed by atoms with E-state index in [1.54, 1.807) is 0 Å². The van der Waals surface area contributed by atoms with Crippen molar-refractivity contribution in [3.05, 3.63) is 0 Å². The maximum absolute atomic E-state index is 13.0. The molecule has 0 N–H and O–H groups in total. The van der Waals surface area contributed by atoms with Gasteiger partial charge in [0, 0.05) is 6.42 Å². The lowest BCUT2D eigenvalue weighted by Gasteiger charge is -2.31. The molecule has 0 saturated carbocycles. The number of rotatable bonds is 27. The average molecular weight is 471 g/mol. The van der Waals surface area contributed by atoms with Crippen molar-refractivity contribution in [3.8, 4) is 0 Å². The Bertz CT molecular complexity index is 389. The molecule has 33 heavy (non-hydrogen) atoms. The lowest BCUT2D eigenvalue weighted by molar-refractivity contribution is -0.353. The van der Waals surface area contributed by atoms with Crippen molar-refractivity contribution >= 4 is 5.78 Å². The zero-order valence-corrected chi connectivity index (χ0v) is 22.9. The summed E-state index contributed by atoms with van der Waals surface area (Å²) in [5, 5.41) is 0. The summed E-state index contributed by atoms with van der Waals surface area (Å²) in [6, 6.07) is 0. The van der Waals surface area contributed by atoms with Crippen LogP contribution in [0.4, 0.5) is 0 Å². The van der Waals surface area contributed by atoms with Crippen LogP contribution in [0.5, 0.6) is 0 Å². The Morgan fingerprint density at radius 3 is 1.06 bits per heavy atom. The Balaban J connectivity index is 3.85. The van der Waals surface area contributed by atoms with E-state index in [2.05, 4.69) is 6.92 Å². The van der Waals surface area contributed by atoms with Gasteiger partial charge in [0.05, 0.1) is 19.8 Å². The van der Waals surface area contributed by atoms with Gasteiger partial charge in [-0.05, 0) is 25.7 Å². The van der Waals surface area contributed by atoms with Crippen LogP contribution < -0.4 is 0 Å². The van der Waals surface area contributed by atoms with Gasteiger partial charge in [0.15, 0.2) is 0 Å². The number of hydrogen-bond donors (Lipinski definition) is 0. The molecule has 0 aliphatic heterocycles. The lowest BCUT2D eigenvalue weighted by Crippen LogP contribution is -2.47. The van der Waals surface area contributed by atoms with Crippen LogP contribution in [0.25, 0.3) is 0 Å². The number of ketones is 1. The van der Waals surface area contributed by atoms with E-state index < -0.39 is 5.97 Å². The van der Waals surface area contributed by atoms with Crippen molar-refractivity contribution in [2.24, 2.45) is 0 Å². The molecule has 0 unspecified atom stereocenters. The van der Waals surface area contributed by atoms with E-state index in [-0.39, 0.29) is 5.78 Å². The summed E-state index contributed by atoms with van der Waals surface area (Å²) < 4.78 is 17.5.